The number of nitrogens with zero attached hydrogens (tertiary/aromatic N) is 3. The number of amides is 1. The number of hydrogen-bond donors (Lipinski definition) is 1. The van der Waals surface area contributed by atoms with Gasteiger partial charge in [-0.15, -0.1) is 11.3 Å². The quantitative estimate of drug-likeness (QED) is 0.401. The molecule has 6 nitrogen and oxygen atoms in total. The van der Waals surface area contributed by atoms with E-state index in [1.165, 1.54) is 40.3 Å². The highest BCUT2D eigenvalue weighted by atomic mass is 35.5. The van der Waals surface area contributed by atoms with Gasteiger partial charge in [-0.2, -0.15) is 5.10 Å². The van der Waals surface area contributed by atoms with E-state index in [2.05, 4.69) is 15.4 Å². The lowest BCUT2D eigenvalue weighted by atomic mass is 10.1. The number of aryl methyl sites for hydroxylation is 1. The first kappa shape index (κ1) is 21.0. The number of benzene rings is 2. The van der Waals surface area contributed by atoms with E-state index in [-0.39, 0.29) is 16.5 Å². The number of nitrogens with one attached hydrogen (secondary N) is 1. The molecule has 0 aliphatic rings. The summed E-state index contributed by atoms with van der Waals surface area (Å²) in [6, 6.07) is 13.3. The first-order valence-corrected chi connectivity index (χ1v) is 10.7. The Morgan fingerprint density at radius 1 is 1.23 bits per heavy atom. The number of aromatic nitrogens is 3. The van der Waals surface area contributed by atoms with Crippen molar-refractivity contribution < 1.29 is 13.9 Å². The van der Waals surface area contributed by atoms with Crippen LogP contribution in [0.2, 0.25) is 5.15 Å². The van der Waals surface area contributed by atoms with Gasteiger partial charge in [0.05, 0.1) is 23.7 Å². The van der Waals surface area contributed by atoms with Crippen molar-refractivity contribution >= 4 is 34.0 Å². The van der Waals surface area contributed by atoms with Crippen LogP contribution in [0.4, 0.5) is 9.52 Å². The third-order valence-electron chi connectivity index (χ3n) is 4.49. The van der Waals surface area contributed by atoms with Crippen molar-refractivity contribution in [1.29, 1.82) is 0 Å². The van der Waals surface area contributed by atoms with E-state index >= 15 is 0 Å². The van der Waals surface area contributed by atoms with Crippen molar-refractivity contribution in [3.05, 3.63) is 76.1 Å². The van der Waals surface area contributed by atoms with Gasteiger partial charge in [0.25, 0.3) is 5.91 Å². The molecule has 0 saturated carbocycles. The number of hydrogen-bond acceptors (Lipinski definition) is 5. The van der Waals surface area contributed by atoms with E-state index in [0.29, 0.717) is 28.8 Å². The third kappa shape index (κ3) is 4.30. The van der Waals surface area contributed by atoms with E-state index < -0.39 is 5.91 Å². The van der Waals surface area contributed by atoms with Crippen LogP contribution in [0.1, 0.15) is 23.0 Å². The Morgan fingerprint density at radius 2 is 1.97 bits per heavy atom. The molecule has 4 aromatic rings. The lowest BCUT2D eigenvalue weighted by Crippen LogP contribution is -2.13. The summed E-state index contributed by atoms with van der Waals surface area (Å²) in [4.78, 5) is 17.4. The average Bonchev–Trinajstić information content (AvgIpc) is 3.33. The number of anilines is 1. The van der Waals surface area contributed by atoms with Crippen molar-refractivity contribution in [3.63, 3.8) is 0 Å². The van der Waals surface area contributed by atoms with Gasteiger partial charge < -0.3 is 4.74 Å². The maximum absolute atomic E-state index is 13.2. The SMILES string of the molecule is CCOc1ccccc1-c1csc(NC(=O)c2c(C)nn(-c3ccc(F)cc3)c2Cl)n1. The highest BCUT2D eigenvalue weighted by molar-refractivity contribution is 7.14. The van der Waals surface area contributed by atoms with Gasteiger partial charge in [-0.05, 0) is 50.2 Å². The van der Waals surface area contributed by atoms with Crippen LogP contribution in [0, 0.1) is 12.7 Å². The summed E-state index contributed by atoms with van der Waals surface area (Å²) in [7, 11) is 0. The molecule has 0 aliphatic carbocycles. The monoisotopic (exact) mass is 456 g/mol. The van der Waals surface area contributed by atoms with Crippen LogP contribution < -0.4 is 10.1 Å². The predicted molar refractivity (Wildman–Crippen MR) is 120 cm³/mol. The third-order valence-corrected chi connectivity index (χ3v) is 5.60. The van der Waals surface area contributed by atoms with Gasteiger partial charge in [0.2, 0.25) is 0 Å². The summed E-state index contributed by atoms with van der Waals surface area (Å²) in [5.41, 5.74) is 2.79. The molecule has 0 saturated heterocycles. The van der Waals surface area contributed by atoms with E-state index in [4.69, 9.17) is 16.3 Å². The second-order valence-electron chi connectivity index (χ2n) is 6.56. The zero-order valence-corrected chi connectivity index (χ0v) is 18.3. The Balaban J connectivity index is 1.58. The standard InChI is InChI=1S/C22H18ClFN4O2S/c1-3-30-18-7-5-4-6-16(18)17-12-31-22(25-17)26-21(29)19-13(2)27-28(20(19)23)15-10-8-14(24)9-11-15/h4-12H,3H2,1-2H3,(H,25,26,29). The maximum Gasteiger partial charge on any atom is 0.262 e. The van der Waals surface area contributed by atoms with Crippen molar-refractivity contribution in [2.24, 2.45) is 0 Å². The van der Waals surface area contributed by atoms with Crippen LogP contribution in [0.15, 0.2) is 53.9 Å². The second-order valence-corrected chi connectivity index (χ2v) is 7.78. The molecule has 4 rings (SSSR count). The molecule has 1 amide bonds. The molecule has 31 heavy (non-hydrogen) atoms. The molecular weight excluding hydrogens is 439 g/mol. The van der Waals surface area contributed by atoms with Crippen molar-refractivity contribution in [1.82, 2.24) is 14.8 Å². The molecule has 0 spiro atoms. The Bertz CT molecular complexity index is 1240. The van der Waals surface area contributed by atoms with Crippen molar-refractivity contribution in [2.75, 3.05) is 11.9 Å². The zero-order valence-electron chi connectivity index (χ0n) is 16.7. The molecule has 1 N–H and O–H groups in total. The van der Waals surface area contributed by atoms with Crippen LogP contribution in [0.25, 0.3) is 16.9 Å². The fraction of sp³-hybridized carbons (Fsp3) is 0.136. The number of halogens is 2. The minimum atomic E-state index is -0.421. The van der Waals surface area contributed by atoms with E-state index in [1.54, 1.807) is 6.92 Å². The van der Waals surface area contributed by atoms with Gasteiger partial charge in [-0.1, -0.05) is 23.7 Å². The maximum atomic E-state index is 13.2. The molecule has 2 heterocycles. The largest absolute Gasteiger partial charge is 0.493 e. The molecule has 0 aliphatic heterocycles. The molecule has 2 aromatic heterocycles. The Kier molecular flexibility index (Phi) is 6.01. The van der Waals surface area contributed by atoms with Gasteiger partial charge in [0, 0.05) is 10.9 Å². The Hall–Kier alpha value is -3.23. The van der Waals surface area contributed by atoms with Crippen LogP contribution in [0.5, 0.6) is 5.75 Å². The zero-order chi connectivity index (χ0) is 22.0. The highest BCUT2D eigenvalue weighted by Crippen LogP contribution is 2.33. The molecule has 0 fully saturated rings. The summed E-state index contributed by atoms with van der Waals surface area (Å²) in [5, 5.41) is 9.53. The summed E-state index contributed by atoms with van der Waals surface area (Å²) in [6.07, 6.45) is 0. The molecule has 0 bridgehead atoms. The number of para-hydroxylation sites is 1. The van der Waals surface area contributed by atoms with Gasteiger partial charge >= 0.3 is 0 Å². The topological polar surface area (TPSA) is 69.0 Å². The highest BCUT2D eigenvalue weighted by Gasteiger charge is 2.22. The fourth-order valence-corrected chi connectivity index (χ4v) is 4.15. The second kappa shape index (κ2) is 8.87. The molecular formula is C22H18ClFN4O2S. The Morgan fingerprint density at radius 3 is 2.71 bits per heavy atom. The lowest BCUT2D eigenvalue weighted by molar-refractivity contribution is 0.102. The van der Waals surface area contributed by atoms with Crippen molar-refractivity contribution in [3.8, 4) is 22.7 Å². The van der Waals surface area contributed by atoms with E-state index in [1.807, 2.05) is 36.6 Å². The molecule has 0 radical (unpaired) electrons. The molecule has 0 unspecified atom stereocenters. The van der Waals surface area contributed by atoms with Crippen LogP contribution in [-0.4, -0.2) is 27.3 Å². The minimum absolute atomic E-state index is 0.139. The average molecular weight is 457 g/mol. The normalized spacial score (nSPS) is 10.8. The minimum Gasteiger partial charge on any atom is -0.493 e. The first-order chi connectivity index (χ1) is 15.0. The number of rotatable bonds is 6. The lowest BCUT2D eigenvalue weighted by Gasteiger charge is -2.07. The van der Waals surface area contributed by atoms with E-state index in [9.17, 15) is 9.18 Å². The molecule has 9 heteroatoms. The number of carbonyl (C=O) groups excluding carboxylic acids is 1. The first-order valence-electron chi connectivity index (χ1n) is 9.48. The smallest absolute Gasteiger partial charge is 0.262 e. The fourth-order valence-electron chi connectivity index (χ4n) is 3.08. The predicted octanol–water partition coefficient (Wildman–Crippen LogP) is 5.75. The molecule has 158 valence electrons. The van der Waals surface area contributed by atoms with Crippen molar-refractivity contribution in [2.45, 2.75) is 13.8 Å². The summed E-state index contributed by atoms with van der Waals surface area (Å²) >= 11 is 7.73. The Labute approximate surface area is 187 Å². The van der Waals surface area contributed by atoms with E-state index in [0.717, 1.165) is 11.3 Å². The van der Waals surface area contributed by atoms with Gasteiger partial charge in [-0.3, -0.25) is 10.1 Å². The number of ether oxygens (including phenoxy) is 1. The van der Waals surface area contributed by atoms with Crippen LogP contribution >= 0.6 is 22.9 Å². The summed E-state index contributed by atoms with van der Waals surface area (Å²) in [6.45, 7) is 4.15. The van der Waals surface area contributed by atoms with Gasteiger partial charge in [0.1, 0.15) is 22.3 Å². The summed E-state index contributed by atoms with van der Waals surface area (Å²) < 4.78 is 20.3. The van der Waals surface area contributed by atoms with Gasteiger partial charge in [0.15, 0.2) is 5.13 Å². The molecule has 0 atom stereocenters. The number of thiazole rings is 1. The molecule has 2 aromatic carbocycles. The number of carbonyl (C=O) groups is 1. The van der Waals surface area contributed by atoms with Gasteiger partial charge in [-0.25, -0.2) is 14.1 Å². The summed E-state index contributed by atoms with van der Waals surface area (Å²) in [5.74, 6) is -0.0605. The van der Waals surface area contributed by atoms with Crippen LogP contribution in [0.3, 0.4) is 0 Å². The van der Waals surface area contributed by atoms with Crippen LogP contribution in [-0.2, 0) is 0 Å².